The molecule has 20 heavy (non-hydrogen) atoms. The third-order valence-electron chi connectivity index (χ3n) is 3.50. The molecule has 6 nitrogen and oxygen atoms in total. The first-order chi connectivity index (χ1) is 9.19. The van der Waals surface area contributed by atoms with Gasteiger partial charge in [-0.3, -0.25) is 10.3 Å². The van der Waals surface area contributed by atoms with E-state index in [0.29, 0.717) is 0 Å². The quantitative estimate of drug-likeness (QED) is 0.740. The maximum Gasteiger partial charge on any atom is 0.220 e. The zero-order valence-electron chi connectivity index (χ0n) is 12.1. The van der Waals surface area contributed by atoms with Crippen molar-refractivity contribution in [2.75, 3.05) is 11.2 Å². The molecule has 4 N–H and O–H groups in total. The minimum atomic E-state index is -0.978. The summed E-state index contributed by atoms with van der Waals surface area (Å²) >= 11 is 0. The molecule has 0 bridgehead atoms. The Morgan fingerprint density at radius 1 is 1.25 bits per heavy atom. The Balaban J connectivity index is 2.17. The number of aliphatic hydroxyl groups is 1. The van der Waals surface area contributed by atoms with Crippen LogP contribution < -0.4 is 11.2 Å². The van der Waals surface area contributed by atoms with Gasteiger partial charge in [-0.2, -0.15) is 0 Å². The lowest BCUT2D eigenvalue weighted by atomic mass is 9.90. The summed E-state index contributed by atoms with van der Waals surface area (Å²) in [4.78, 5) is 13.7. The fourth-order valence-corrected chi connectivity index (χ4v) is 1.42. The maximum absolute atomic E-state index is 10.0. The summed E-state index contributed by atoms with van der Waals surface area (Å²) in [5.74, 6) is 0.248. The lowest BCUT2D eigenvalue weighted by Crippen LogP contribution is -2.48. The van der Waals surface area contributed by atoms with E-state index < -0.39 is 11.2 Å². The highest BCUT2D eigenvalue weighted by atomic mass is 16.7. The molecule has 0 fully saturated rings. The molecule has 0 saturated heterocycles. The highest BCUT2D eigenvalue weighted by molar-refractivity contribution is 5.82. The second-order valence-corrected chi connectivity index (χ2v) is 5.78. The number of hydrogen-bond donors (Lipinski definition) is 3. The van der Waals surface area contributed by atoms with Gasteiger partial charge in [-0.05, 0) is 45.9 Å². The summed E-state index contributed by atoms with van der Waals surface area (Å²) in [5.41, 5.74) is 8.18. The van der Waals surface area contributed by atoms with Crippen molar-refractivity contribution in [1.29, 1.82) is 0 Å². The van der Waals surface area contributed by atoms with Crippen molar-refractivity contribution >= 4 is 22.5 Å². The molecule has 0 radical (unpaired) electrons. The third-order valence-corrected chi connectivity index (χ3v) is 3.50. The first-order valence-corrected chi connectivity index (χ1v) is 6.38. The molecule has 108 valence electrons. The molecule has 0 aliphatic rings. The maximum atomic E-state index is 10.0. The van der Waals surface area contributed by atoms with Crippen LogP contribution in [-0.2, 0) is 4.84 Å². The molecule has 0 aliphatic carbocycles. The summed E-state index contributed by atoms with van der Waals surface area (Å²) in [7, 11) is 0. The average molecular weight is 276 g/mol. The van der Waals surface area contributed by atoms with E-state index in [1.165, 1.54) is 0 Å². The summed E-state index contributed by atoms with van der Waals surface area (Å²) < 4.78 is 0. The summed E-state index contributed by atoms with van der Waals surface area (Å²) in [5, 5.41) is 10.9. The number of nitrogens with one attached hydrogen (secondary N) is 1. The Kier molecular flexibility index (Phi) is 3.54. The van der Waals surface area contributed by atoms with E-state index >= 15 is 0 Å². The van der Waals surface area contributed by atoms with Gasteiger partial charge in [-0.15, -0.1) is 0 Å². The number of aromatic nitrogens is 2. The monoisotopic (exact) mass is 276 g/mol. The first-order valence-electron chi connectivity index (χ1n) is 6.38. The number of rotatable bonds is 4. The van der Waals surface area contributed by atoms with Gasteiger partial charge in [0.2, 0.25) is 5.95 Å². The van der Waals surface area contributed by atoms with Crippen LogP contribution in [0.1, 0.15) is 27.7 Å². The Hall–Kier alpha value is -1.92. The molecular weight excluding hydrogens is 256 g/mol. The Bertz CT molecular complexity index is 620. The van der Waals surface area contributed by atoms with Crippen LogP contribution in [0.2, 0.25) is 0 Å². The average Bonchev–Trinajstić information content (AvgIpc) is 2.35. The van der Waals surface area contributed by atoms with Crippen LogP contribution in [-0.4, -0.2) is 26.3 Å². The van der Waals surface area contributed by atoms with Crippen molar-refractivity contribution in [2.24, 2.45) is 0 Å². The zero-order chi connectivity index (χ0) is 15.0. The fourth-order valence-electron chi connectivity index (χ4n) is 1.42. The van der Waals surface area contributed by atoms with Gasteiger partial charge >= 0.3 is 0 Å². The van der Waals surface area contributed by atoms with E-state index in [0.717, 1.165) is 16.6 Å². The molecule has 2 rings (SSSR count). The largest absolute Gasteiger partial charge is 0.387 e. The van der Waals surface area contributed by atoms with Gasteiger partial charge in [-0.1, -0.05) is 0 Å². The number of nitrogens with two attached hydrogens (primary N) is 1. The van der Waals surface area contributed by atoms with Crippen molar-refractivity contribution in [3.63, 3.8) is 0 Å². The van der Waals surface area contributed by atoms with Crippen LogP contribution in [0.3, 0.4) is 0 Å². The standard InChI is InChI=1S/C14H20N4O2/c1-13(2,19)14(3,4)20-18-10-5-6-11-9(7-10)8-16-12(15)17-11/h5-8,18-19H,1-4H3,(H2,15,16,17). The molecule has 2 aromatic rings. The highest BCUT2D eigenvalue weighted by Gasteiger charge is 2.37. The third kappa shape index (κ3) is 2.97. The summed E-state index contributed by atoms with van der Waals surface area (Å²) in [6.45, 7) is 7.02. The molecule has 0 aliphatic heterocycles. The molecule has 0 atom stereocenters. The second kappa shape index (κ2) is 4.88. The predicted molar refractivity (Wildman–Crippen MR) is 79.0 cm³/mol. The molecule has 1 heterocycles. The summed E-state index contributed by atoms with van der Waals surface area (Å²) in [6.07, 6.45) is 1.66. The zero-order valence-corrected chi connectivity index (χ0v) is 12.1. The van der Waals surface area contributed by atoms with Gasteiger partial charge in [0.1, 0.15) is 5.60 Å². The van der Waals surface area contributed by atoms with Crippen LogP contribution in [0.15, 0.2) is 24.4 Å². The molecule has 0 spiro atoms. The smallest absolute Gasteiger partial charge is 0.220 e. The van der Waals surface area contributed by atoms with E-state index in [-0.39, 0.29) is 5.95 Å². The van der Waals surface area contributed by atoms with Gasteiger partial charge in [0.25, 0.3) is 0 Å². The van der Waals surface area contributed by atoms with Crippen molar-refractivity contribution in [2.45, 2.75) is 38.9 Å². The lowest BCUT2D eigenvalue weighted by Gasteiger charge is -2.36. The van der Waals surface area contributed by atoms with E-state index in [1.807, 2.05) is 32.0 Å². The van der Waals surface area contributed by atoms with Crippen LogP contribution >= 0.6 is 0 Å². The van der Waals surface area contributed by atoms with Gasteiger partial charge in [0, 0.05) is 11.6 Å². The molecule has 0 amide bonds. The van der Waals surface area contributed by atoms with Gasteiger partial charge in [0.05, 0.1) is 16.8 Å². The van der Waals surface area contributed by atoms with Crippen LogP contribution in [0.4, 0.5) is 11.6 Å². The van der Waals surface area contributed by atoms with Gasteiger partial charge < -0.3 is 10.8 Å². The van der Waals surface area contributed by atoms with E-state index in [4.69, 9.17) is 10.6 Å². The number of benzene rings is 1. The molecule has 1 aromatic carbocycles. The predicted octanol–water partition coefficient (Wildman–Crippen LogP) is 2.10. The molecule has 0 unspecified atom stereocenters. The van der Waals surface area contributed by atoms with Crippen LogP contribution in [0.25, 0.3) is 10.9 Å². The number of hydrogen-bond acceptors (Lipinski definition) is 6. The topological polar surface area (TPSA) is 93.3 Å². The second-order valence-electron chi connectivity index (χ2n) is 5.78. The van der Waals surface area contributed by atoms with E-state index in [9.17, 15) is 5.11 Å². The summed E-state index contributed by atoms with van der Waals surface area (Å²) in [6, 6.07) is 5.51. The highest BCUT2D eigenvalue weighted by Crippen LogP contribution is 2.26. The van der Waals surface area contributed by atoms with E-state index in [2.05, 4.69) is 15.4 Å². The first kappa shape index (κ1) is 14.5. The van der Waals surface area contributed by atoms with Crippen molar-refractivity contribution in [3.05, 3.63) is 24.4 Å². The van der Waals surface area contributed by atoms with Crippen molar-refractivity contribution in [3.8, 4) is 0 Å². The fraction of sp³-hybridized carbons (Fsp3) is 0.429. The number of nitrogen functional groups attached to an aromatic ring is 1. The number of anilines is 2. The Labute approximate surface area is 117 Å². The normalized spacial score (nSPS) is 12.7. The van der Waals surface area contributed by atoms with Gasteiger partial charge in [0.15, 0.2) is 0 Å². The Morgan fingerprint density at radius 2 is 1.95 bits per heavy atom. The SMILES string of the molecule is CC(C)(O)C(C)(C)ONc1ccc2nc(N)ncc2c1. The number of nitrogens with zero attached hydrogens (tertiary/aromatic N) is 2. The number of fused-ring (bicyclic) bond motifs is 1. The van der Waals surface area contributed by atoms with Crippen molar-refractivity contribution < 1.29 is 9.94 Å². The molecule has 0 saturated carbocycles. The molecule has 1 aromatic heterocycles. The molecular formula is C14H20N4O2. The minimum absolute atomic E-state index is 0.248. The van der Waals surface area contributed by atoms with Crippen LogP contribution in [0, 0.1) is 0 Å². The van der Waals surface area contributed by atoms with Crippen molar-refractivity contribution in [1.82, 2.24) is 9.97 Å². The lowest BCUT2D eigenvalue weighted by molar-refractivity contribution is -0.130. The Morgan fingerprint density at radius 3 is 2.60 bits per heavy atom. The van der Waals surface area contributed by atoms with E-state index in [1.54, 1.807) is 20.0 Å². The van der Waals surface area contributed by atoms with Gasteiger partial charge in [-0.25, -0.2) is 9.97 Å². The minimum Gasteiger partial charge on any atom is -0.387 e. The molecule has 6 heteroatoms. The van der Waals surface area contributed by atoms with Crippen LogP contribution in [0.5, 0.6) is 0 Å².